The molecule has 10 heteroatoms. The van der Waals surface area contributed by atoms with Crippen molar-refractivity contribution in [2.24, 2.45) is 0 Å². The van der Waals surface area contributed by atoms with Gasteiger partial charge in [-0.2, -0.15) is 0 Å². The topological polar surface area (TPSA) is 116 Å². The highest BCUT2D eigenvalue weighted by atomic mass is 16.5. The van der Waals surface area contributed by atoms with Crippen LogP contribution in [-0.2, 0) is 9.53 Å². The number of carbonyl (C=O) groups excluding carboxylic acids is 1. The second-order valence-corrected chi connectivity index (χ2v) is 8.79. The Balaban J connectivity index is 1.35. The molecule has 0 radical (unpaired) electrons. The molecule has 1 saturated heterocycles. The van der Waals surface area contributed by atoms with Gasteiger partial charge in [-0.3, -0.25) is 9.69 Å². The first-order valence-electron chi connectivity index (χ1n) is 12.5. The molecule has 0 saturated carbocycles. The molecular formula is C28H31N7O3. The fraction of sp³-hybridized carbons (Fsp3) is 0.250. The number of anilines is 4. The molecular weight excluding hydrogens is 482 g/mol. The lowest BCUT2D eigenvalue weighted by molar-refractivity contribution is -0.111. The molecule has 1 amide bonds. The van der Waals surface area contributed by atoms with E-state index in [1.807, 2.05) is 42.6 Å². The van der Waals surface area contributed by atoms with E-state index in [1.54, 1.807) is 32.5 Å². The summed E-state index contributed by atoms with van der Waals surface area (Å²) in [5.41, 5.74) is 4.75. The fourth-order valence-electron chi connectivity index (χ4n) is 4.40. The highest BCUT2D eigenvalue weighted by molar-refractivity contribution is 6.02. The number of morpholine rings is 1. The molecule has 0 atom stereocenters. The van der Waals surface area contributed by atoms with E-state index < -0.39 is 0 Å². The second kappa shape index (κ2) is 11.8. The van der Waals surface area contributed by atoms with Gasteiger partial charge in [-0.15, -0.1) is 0 Å². The van der Waals surface area contributed by atoms with Crippen LogP contribution in [0.5, 0.6) is 5.75 Å². The third kappa shape index (κ3) is 5.77. The number of hydrogen-bond acceptors (Lipinski definition) is 8. The van der Waals surface area contributed by atoms with E-state index in [0.717, 1.165) is 54.2 Å². The molecule has 0 aliphatic carbocycles. The summed E-state index contributed by atoms with van der Waals surface area (Å²) in [6.07, 6.45) is 7.08. The Labute approximate surface area is 221 Å². The summed E-state index contributed by atoms with van der Waals surface area (Å²) in [7, 11) is 3.38. The van der Waals surface area contributed by atoms with Crippen LogP contribution in [0.2, 0.25) is 0 Å². The van der Waals surface area contributed by atoms with Crippen LogP contribution in [0.3, 0.4) is 0 Å². The highest BCUT2D eigenvalue weighted by Gasteiger charge is 2.14. The van der Waals surface area contributed by atoms with E-state index in [-0.39, 0.29) is 5.91 Å². The summed E-state index contributed by atoms with van der Waals surface area (Å²) in [5, 5.41) is 10.4. The van der Waals surface area contributed by atoms with Gasteiger partial charge in [0.05, 0.1) is 43.1 Å². The molecule has 0 unspecified atom stereocenters. The number of nitrogens with one attached hydrogen (secondary N) is 4. The number of rotatable bonds is 9. The smallest absolute Gasteiger partial charge is 0.248 e. The quantitative estimate of drug-likeness (QED) is 0.246. The zero-order valence-corrected chi connectivity index (χ0v) is 21.5. The van der Waals surface area contributed by atoms with Crippen molar-refractivity contribution in [2.75, 3.05) is 63.0 Å². The van der Waals surface area contributed by atoms with Crippen molar-refractivity contribution in [1.29, 1.82) is 0 Å². The third-order valence-corrected chi connectivity index (χ3v) is 6.37. The average molecular weight is 514 g/mol. The van der Waals surface area contributed by atoms with Crippen molar-refractivity contribution < 1.29 is 14.3 Å². The van der Waals surface area contributed by atoms with Gasteiger partial charge in [0.1, 0.15) is 5.75 Å². The lowest BCUT2D eigenvalue weighted by Crippen LogP contribution is -2.36. The fourth-order valence-corrected chi connectivity index (χ4v) is 4.40. The van der Waals surface area contributed by atoms with Crippen LogP contribution in [0, 0.1) is 0 Å². The van der Waals surface area contributed by atoms with Gasteiger partial charge in [-0.05, 0) is 18.2 Å². The molecule has 1 aliphatic rings. The Hall–Kier alpha value is -4.41. The predicted molar refractivity (Wildman–Crippen MR) is 150 cm³/mol. The summed E-state index contributed by atoms with van der Waals surface area (Å²) >= 11 is 0. The van der Waals surface area contributed by atoms with Crippen LogP contribution in [-0.4, -0.2) is 72.8 Å². The molecule has 3 heterocycles. The average Bonchev–Trinajstić information content (AvgIpc) is 3.38. The lowest BCUT2D eigenvalue weighted by Gasteiger charge is -2.25. The normalized spacial score (nSPS) is 14.1. The first kappa shape index (κ1) is 25.2. The SMILES string of the molecule is CNc1cc(OC)c(Nc2nccc(-c3c[nH]c4ccccc34)n2)cc1NC(=O)/C=C/CN1CCOCC1. The van der Waals surface area contributed by atoms with Gasteiger partial charge in [0.15, 0.2) is 0 Å². The van der Waals surface area contributed by atoms with Crippen LogP contribution in [0.1, 0.15) is 0 Å². The molecule has 1 aliphatic heterocycles. The number of aromatic amines is 1. The summed E-state index contributed by atoms with van der Waals surface area (Å²) in [4.78, 5) is 27.3. The summed E-state index contributed by atoms with van der Waals surface area (Å²) in [6.45, 7) is 3.89. The number of ether oxygens (including phenoxy) is 2. The van der Waals surface area contributed by atoms with E-state index in [9.17, 15) is 4.79 Å². The molecule has 10 nitrogen and oxygen atoms in total. The Bertz CT molecular complexity index is 1440. The predicted octanol–water partition coefficient (Wildman–Crippen LogP) is 4.25. The van der Waals surface area contributed by atoms with Crippen molar-refractivity contribution >= 4 is 39.8 Å². The van der Waals surface area contributed by atoms with Gasteiger partial charge in [-0.1, -0.05) is 24.3 Å². The number of methoxy groups -OCH3 is 1. The van der Waals surface area contributed by atoms with E-state index in [1.165, 1.54) is 0 Å². The minimum Gasteiger partial charge on any atom is -0.494 e. The van der Waals surface area contributed by atoms with Crippen molar-refractivity contribution in [3.05, 3.63) is 67.0 Å². The highest BCUT2D eigenvalue weighted by Crippen LogP contribution is 2.36. The Morgan fingerprint density at radius 2 is 2.00 bits per heavy atom. The Morgan fingerprint density at radius 3 is 2.82 bits per heavy atom. The van der Waals surface area contributed by atoms with Crippen molar-refractivity contribution in [3.63, 3.8) is 0 Å². The number of fused-ring (bicyclic) bond motifs is 1. The first-order valence-corrected chi connectivity index (χ1v) is 12.5. The van der Waals surface area contributed by atoms with Crippen LogP contribution in [0.4, 0.5) is 23.0 Å². The largest absolute Gasteiger partial charge is 0.494 e. The standard InChI is InChI=1S/C28H31N7O3/c1-29-23-17-26(37-2)25(16-24(23)32-27(36)8-5-11-35-12-14-38-15-13-35)34-28-30-10-9-22(33-28)20-18-31-21-7-4-3-6-19(20)21/h3-10,16-18,29,31H,11-15H2,1-2H3,(H,32,36)(H,30,33,34)/b8-5+. The minimum atomic E-state index is -0.219. The molecule has 196 valence electrons. The number of H-pyrrole nitrogens is 1. The van der Waals surface area contributed by atoms with Crippen molar-refractivity contribution in [1.82, 2.24) is 19.9 Å². The number of carbonyl (C=O) groups is 1. The Kier molecular flexibility index (Phi) is 7.81. The van der Waals surface area contributed by atoms with E-state index in [0.29, 0.717) is 29.6 Å². The maximum atomic E-state index is 12.7. The lowest BCUT2D eigenvalue weighted by atomic mass is 10.1. The second-order valence-electron chi connectivity index (χ2n) is 8.79. The zero-order valence-electron chi connectivity index (χ0n) is 21.5. The van der Waals surface area contributed by atoms with Crippen LogP contribution in [0.15, 0.2) is 67.0 Å². The number of para-hydroxylation sites is 1. The van der Waals surface area contributed by atoms with Gasteiger partial charge < -0.3 is 30.4 Å². The zero-order chi connectivity index (χ0) is 26.3. The molecule has 0 bridgehead atoms. The van der Waals surface area contributed by atoms with Gasteiger partial charge >= 0.3 is 0 Å². The third-order valence-electron chi connectivity index (χ3n) is 6.37. The summed E-state index contributed by atoms with van der Waals surface area (Å²) in [6, 6.07) is 13.6. The van der Waals surface area contributed by atoms with Crippen molar-refractivity contribution in [3.8, 4) is 17.0 Å². The molecule has 4 aromatic rings. The van der Waals surface area contributed by atoms with Gasteiger partial charge in [-0.25, -0.2) is 9.97 Å². The molecule has 2 aromatic heterocycles. The monoisotopic (exact) mass is 513 g/mol. The molecule has 38 heavy (non-hydrogen) atoms. The number of nitrogens with zero attached hydrogens (tertiary/aromatic N) is 3. The number of amides is 1. The molecule has 5 rings (SSSR count). The van der Waals surface area contributed by atoms with Gasteiger partial charge in [0.2, 0.25) is 11.9 Å². The van der Waals surface area contributed by atoms with Crippen LogP contribution < -0.4 is 20.7 Å². The molecule has 4 N–H and O–H groups in total. The first-order chi connectivity index (χ1) is 18.6. The molecule has 2 aromatic carbocycles. The van der Waals surface area contributed by atoms with E-state index in [4.69, 9.17) is 14.5 Å². The minimum absolute atomic E-state index is 0.219. The number of benzene rings is 2. The number of hydrogen-bond donors (Lipinski definition) is 4. The van der Waals surface area contributed by atoms with Crippen molar-refractivity contribution in [2.45, 2.75) is 0 Å². The summed E-state index contributed by atoms with van der Waals surface area (Å²) in [5.74, 6) is 0.769. The number of aromatic nitrogens is 3. The van der Waals surface area contributed by atoms with Gasteiger partial charge in [0.25, 0.3) is 0 Å². The maximum absolute atomic E-state index is 12.7. The van der Waals surface area contributed by atoms with E-state index in [2.05, 4.69) is 36.9 Å². The van der Waals surface area contributed by atoms with Crippen LogP contribution in [0.25, 0.3) is 22.2 Å². The van der Waals surface area contributed by atoms with Gasteiger partial charge in [0, 0.05) is 67.7 Å². The van der Waals surface area contributed by atoms with E-state index >= 15 is 0 Å². The molecule has 0 spiro atoms. The Morgan fingerprint density at radius 1 is 1.16 bits per heavy atom. The maximum Gasteiger partial charge on any atom is 0.248 e. The van der Waals surface area contributed by atoms with Crippen LogP contribution >= 0.6 is 0 Å². The summed E-state index contributed by atoms with van der Waals surface area (Å²) < 4.78 is 11.0. The molecule has 1 fully saturated rings.